The van der Waals surface area contributed by atoms with Crippen LogP contribution in [0.4, 0.5) is 64.1 Å². The van der Waals surface area contributed by atoms with Gasteiger partial charge in [0.05, 0.1) is 33.6 Å². The molecular formula is C32H16Br4F12N2O2. The number of hydrogen-bond donors (Lipinski definition) is 2. The number of benzene rings is 4. The maximum Gasteiger partial charge on any atom is 0.416 e. The molecule has 4 rings (SSSR count). The molecule has 0 fully saturated rings. The number of halogens is 16. The first-order valence-corrected chi connectivity index (χ1v) is 17.0. The SMILES string of the molecule is Cc1c(Br)cc(Br)c(NC(=O)c2cc(C(F)(F)F)cc(C(F)(F)F)c2)c1-c1c(C)c(Br)cc(Br)c1NC(=O)c1cc(C(F)(F)F)cc(C(F)(F)F)c1. The molecule has 4 nitrogen and oxygen atoms in total. The van der Waals surface area contributed by atoms with E-state index in [0.29, 0.717) is 8.95 Å². The number of nitrogens with one attached hydrogen (secondary N) is 2. The van der Waals surface area contributed by atoms with Gasteiger partial charge in [-0.2, -0.15) is 52.7 Å². The predicted octanol–water partition coefficient (Wildman–Crippen LogP) is 13.6. The van der Waals surface area contributed by atoms with Crippen LogP contribution in [0, 0.1) is 13.8 Å². The summed E-state index contributed by atoms with van der Waals surface area (Å²) < 4.78 is 163. The highest BCUT2D eigenvalue weighted by molar-refractivity contribution is 9.11. The van der Waals surface area contributed by atoms with Crippen molar-refractivity contribution in [2.45, 2.75) is 38.6 Å². The minimum atomic E-state index is -5.27. The Morgan fingerprint density at radius 3 is 0.923 bits per heavy atom. The van der Waals surface area contributed by atoms with E-state index < -0.39 is 69.9 Å². The number of anilines is 2. The Hall–Kier alpha value is -3.10. The standard InChI is InChI=1S/C32H16Br4F12N2O2/c1-11-19(33)9-21(35)25(49-27(51)13-3-15(29(37,38)39)7-16(4-13)30(40,41)42)23(11)24-12(2)20(34)10-22(36)26(24)50-28(52)14-5-17(31(43,44)45)8-18(6-14)32(46,47)48/h3-10H,1-2H3,(H,49,51)(H,50,52). The van der Waals surface area contributed by atoms with E-state index in [1.54, 1.807) is 0 Å². The van der Waals surface area contributed by atoms with E-state index in [4.69, 9.17) is 0 Å². The van der Waals surface area contributed by atoms with E-state index in [9.17, 15) is 62.3 Å². The Labute approximate surface area is 318 Å². The van der Waals surface area contributed by atoms with Crippen LogP contribution in [-0.2, 0) is 24.7 Å². The summed E-state index contributed by atoms with van der Waals surface area (Å²) in [5.74, 6) is -2.86. The first-order valence-electron chi connectivity index (χ1n) is 13.8. The summed E-state index contributed by atoms with van der Waals surface area (Å²) in [6, 6.07) is 3.26. The number of carbonyl (C=O) groups is 2. The molecule has 0 atom stereocenters. The van der Waals surface area contributed by atoms with Crippen molar-refractivity contribution in [2.24, 2.45) is 0 Å². The molecule has 0 saturated heterocycles. The molecule has 0 unspecified atom stereocenters. The predicted molar refractivity (Wildman–Crippen MR) is 181 cm³/mol. The highest BCUT2D eigenvalue weighted by Crippen LogP contribution is 2.49. The van der Waals surface area contributed by atoms with Crippen LogP contribution in [0.3, 0.4) is 0 Å². The van der Waals surface area contributed by atoms with Crippen molar-refractivity contribution in [1.82, 2.24) is 0 Å². The van der Waals surface area contributed by atoms with Gasteiger partial charge in [0, 0.05) is 40.1 Å². The third-order valence-electron chi connectivity index (χ3n) is 7.38. The molecule has 2 amide bonds. The zero-order chi connectivity index (χ0) is 39.5. The van der Waals surface area contributed by atoms with E-state index in [1.165, 1.54) is 26.0 Å². The van der Waals surface area contributed by atoms with E-state index >= 15 is 0 Å². The number of hydrogen-bond acceptors (Lipinski definition) is 2. The quantitative estimate of drug-likeness (QED) is 0.196. The lowest BCUT2D eigenvalue weighted by Crippen LogP contribution is -2.19. The lowest BCUT2D eigenvalue weighted by Gasteiger charge is -2.24. The van der Waals surface area contributed by atoms with Crippen LogP contribution in [-0.4, -0.2) is 11.8 Å². The molecule has 0 spiro atoms. The molecule has 0 bridgehead atoms. The fourth-order valence-electron chi connectivity index (χ4n) is 4.85. The molecule has 0 aromatic heterocycles. The molecule has 4 aromatic carbocycles. The fraction of sp³-hybridized carbons (Fsp3) is 0.188. The monoisotopic (exact) mass is 1000 g/mol. The van der Waals surface area contributed by atoms with Gasteiger partial charge >= 0.3 is 24.7 Å². The molecule has 52 heavy (non-hydrogen) atoms. The molecule has 0 radical (unpaired) electrons. The number of carbonyl (C=O) groups excluding carboxylic acids is 2. The topological polar surface area (TPSA) is 58.2 Å². The largest absolute Gasteiger partial charge is 0.416 e. The van der Waals surface area contributed by atoms with Gasteiger partial charge in [-0.15, -0.1) is 0 Å². The number of amides is 2. The van der Waals surface area contributed by atoms with Crippen LogP contribution in [0.1, 0.15) is 54.1 Å². The van der Waals surface area contributed by atoms with Gasteiger partial charge in [-0.3, -0.25) is 9.59 Å². The van der Waals surface area contributed by atoms with E-state index in [1.807, 2.05) is 0 Å². The molecular weight excluding hydrogens is 992 g/mol. The van der Waals surface area contributed by atoms with Crippen LogP contribution >= 0.6 is 63.7 Å². The van der Waals surface area contributed by atoms with Gasteiger partial charge in [0.1, 0.15) is 0 Å². The molecule has 2 N–H and O–H groups in total. The van der Waals surface area contributed by atoms with E-state index in [0.717, 1.165) is 0 Å². The van der Waals surface area contributed by atoms with Gasteiger partial charge in [-0.1, -0.05) is 31.9 Å². The molecule has 0 aliphatic heterocycles. The average Bonchev–Trinajstić information content (AvgIpc) is 3.01. The van der Waals surface area contributed by atoms with Crippen molar-refractivity contribution in [3.8, 4) is 11.1 Å². The molecule has 0 saturated carbocycles. The molecule has 4 aromatic rings. The Morgan fingerprint density at radius 2 is 0.692 bits per heavy atom. The van der Waals surface area contributed by atoms with Crippen LogP contribution < -0.4 is 10.6 Å². The van der Waals surface area contributed by atoms with Crippen molar-refractivity contribution in [1.29, 1.82) is 0 Å². The summed E-state index contributed by atoms with van der Waals surface area (Å²) in [6.07, 6.45) is -21.1. The third-order valence-corrected chi connectivity index (χ3v) is 10.3. The Balaban J connectivity index is 1.95. The van der Waals surface area contributed by atoms with Gasteiger partial charge in [-0.25, -0.2) is 0 Å². The van der Waals surface area contributed by atoms with Gasteiger partial charge in [0.25, 0.3) is 11.8 Å². The zero-order valence-electron chi connectivity index (χ0n) is 25.5. The van der Waals surface area contributed by atoms with Gasteiger partial charge in [-0.05, 0) is 105 Å². The first kappa shape index (κ1) is 41.7. The lowest BCUT2D eigenvalue weighted by molar-refractivity contribution is -0.144. The second-order valence-electron chi connectivity index (χ2n) is 10.9. The average molecular weight is 1010 g/mol. The first-order chi connectivity index (χ1) is 23.6. The second kappa shape index (κ2) is 14.6. The van der Waals surface area contributed by atoms with Crippen molar-refractivity contribution >= 4 is 86.9 Å². The fourth-order valence-corrected chi connectivity index (χ4v) is 7.37. The molecule has 278 valence electrons. The van der Waals surface area contributed by atoms with Crippen LogP contribution in [0.15, 0.2) is 66.4 Å². The summed E-state index contributed by atoms with van der Waals surface area (Å²) in [7, 11) is 0. The van der Waals surface area contributed by atoms with Crippen LogP contribution in [0.25, 0.3) is 11.1 Å². The summed E-state index contributed by atoms with van der Waals surface area (Å²) in [5, 5.41) is 4.62. The van der Waals surface area contributed by atoms with Gasteiger partial charge in [0.2, 0.25) is 0 Å². The zero-order valence-corrected chi connectivity index (χ0v) is 31.8. The summed E-state index contributed by atoms with van der Waals surface area (Å²) in [4.78, 5) is 26.9. The Bertz CT molecular complexity index is 1890. The maximum absolute atomic E-state index is 13.6. The van der Waals surface area contributed by atoms with E-state index in [-0.39, 0.29) is 79.0 Å². The summed E-state index contributed by atoms with van der Waals surface area (Å²) in [6.45, 7) is 2.94. The lowest BCUT2D eigenvalue weighted by atomic mass is 9.92. The highest BCUT2D eigenvalue weighted by atomic mass is 79.9. The minimum Gasteiger partial charge on any atom is -0.320 e. The highest BCUT2D eigenvalue weighted by Gasteiger charge is 2.39. The minimum absolute atomic E-state index is 0.0109. The Morgan fingerprint density at radius 1 is 0.442 bits per heavy atom. The summed E-state index contributed by atoms with van der Waals surface area (Å²) in [5.41, 5.74) is -9.17. The van der Waals surface area contributed by atoms with Gasteiger partial charge in [0.15, 0.2) is 0 Å². The Kier molecular flexibility index (Phi) is 11.7. The molecule has 0 heterocycles. The molecule has 0 aliphatic carbocycles. The number of alkyl halides is 12. The summed E-state index contributed by atoms with van der Waals surface area (Å²) >= 11 is 13.1. The van der Waals surface area contributed by atoms with Crippen LogP contribution in [0.2, 0.25) is 0 Å². The molecule has 0 aliphatic rings. The maximum atomic E-state index is 13.6. The molecule has 20 heteroatoms. The van der Waals surface area contributed by atoms with Crippen molar-refractivity contribution < 1.29 is 62.3 Å². The van der Waals surface area contributed by atoms with E-state index in [2.05, 4.69) is 74.4 Å². The van der Waals surface area contributed by atoms with Crippen molar-refractivity contribution in [3.05, 3.63) is 111 Å². The van der Waals surface area contributed by atoms with Crippen molar-refractivity contribution in [3.63, 3.8) is 0 Å². The second-order valence-corrected chi connectivity index (χ2v) is 14.3. The number of rotatable bonds is 5. The van der Waals surface area contributed by atoms with Crippen LogP contribution in [0.5, 0.6) is 0 Å². The van der Waals surface area contributed by atoms with Crippen molar-refractivity contribution in [2.75, 3.05) is 10.6 Å². The third kappa shape index (κ3) is 8.98. The normalized spacial score (nSPS) is 12.6. The smallest absolute Gasteiger partial charge is 0.320 e. The van der Waals surface area contributed by atoms with Gasteiger partial charge < -0.3 is 10.6 Å².